The van der Waals surface area contributed by atoms with Gasteiger partial charge in [0, 0.05) is 0 Å². The van der Waals surface area contributed by atoms with Crippen LogP contribution in [-0.2, 0) is 4.79 Å². The molecule has 0 aliphatic carbocycles. The minimum absolute atomic E-state index is 0. The Hall–Kier alpha value is 0.311. The predicted octanol–water partition coefficient (Wildman–Crippen LogP) is -2.36. The fourth-order valence-corrected chi connectivity index (χ4v) is 0.171. The molecule has 5 N–H and O–H groups in total. The molecule has 0 aromatic heterocycles. The van der Waals surface area contributed by atoms with Gasteiger partial charge in [-0.3, -0.25) is 10.2 Å². The van der Waals surface area contributed by atoms with Crippen LogP contribution < -0.4 is 11.1 Å². The first-order valence-electron chi connectivity index (χ1n) is 1.92. The van der Waals surface area contributed by atoms with E-state index in [1.165, 1.54) is 0 Å². The number of nitrogens with one attached hydrogen (secondary N) is 2. The number of nitrogens with two attached hydrogens (primary N) is 1. The van der Waals surface area contributed by atoms with E-state index in [0.717, 1.165) is 0 Å². The Morgan fingerprint density at radius 1 is 1.78 bits per heavy atom. The molecule has 0 amide bonds. The molecule has 0 aromatic carbocycles. The van der Waals surface area contributed by atoms with E-state index in [1.54, 1.807) is 0 Å². The van der Waals surface area contributed by atoms with Crippen LogP contribution in [0, 0.1) is 5.41 Å². The van der Waals surface area contributed by atoms with Crippen LogP contribution in [0.5, 0.6) is 0 Å². The number of rotatable bonds is 2. The summed E-state index contributed by atoms with van der Waals surface area (Å²) in [5, 5.41) is 16.5. The summed E-state index contributed by atoms with van der Waals surface area (Å²) in [7, 11) is 0. The molecule has 5 nitrogen and oxygen atoms in total. The summed E-state index contributed by atoms with van der Waals surface area (Å²) in [5.41, 5.74) is 4.75. The second-order valence-electron chi connectivity index (χ2n) is 1.16. The summed E-state index contributed by atoms with van der Waals surface area (Å²) < 4.78 is 0. The summed E-state index contributed by atoms with van der Waals surface area (Å²) in [6, 6.07) is 0. The number of hydrogen-bond donors (Lipinski definition) is 4. The van der Waals surface area contributed by atoms with Crippen molar-refractivity contribution in [1.29, 1.82) is 5.41 Å². The summed E-state index contributed by atoms with van der Waals surface area (Å²) in [5.74, 6) is -1.35. The van der Waals surface area contributed by atoms with Crippen LogP contribution in [0.15, 0.2) is 0 Å². The summed E-state index contributed by atoms with van der Waals surface area (Å²) in [4.78, 5) is 9.69. The fourth-order valence-electron chi connectivity index (χ4n) is 0.171. The molecule has 0 saturated carbocycles. The zero-order valence-electron chi connectivity index (χ0n) is 4.14. The number of carbonyl (C=O) groups is 1. The van der Waals surface area contributed by atoms with Crippen LogP contribution in [0.3, 0.4) is 0 Å². The summed E-state index contributed by atoms with van der Waals surface area (Å²) >= 11 is 0. The zero-order chi connectivity index (χ0) is 6.57. The molecule has 0 aliphatic heterocycles. The standard InChI is InChI=1S/C3H7N3O2.Ba.2H/c4-3(5)6-1-2(7)8;;;/h1H2,(H,7,8)(H4,4,5,6);;;. The number of carboxylic acid groups (broad SMARTS) is 1. The first-order chi connectivity index (χ1) is 3.63. The van der Waals surface area contributed by atoms with Crippen molar-refractivity contribution in [2.45, 2.75) is 0 Å². The van der Waals surface area contributed by atoms with E-state index in [2.05, 4.69) is 5.32 Å². The van der Waals surface area contributed by atoms with E-state index >= 15 is 0 Å². The van der Waals surface area contributed by atoms with Gasteiger partial charge in [-0.25, -0.2) is 0 Å². The third-order valence-corrected chi connectivity index (χ3v) is 0.430. The van der Waals surface area contributed by atoms with Crippen molar-refractivity contribution in [3.05, 3.63) is 0 Å². The minimum atomic E-state index is -1.03. The van der Waals surface area contributed by atoms with E-state index in [-0.39, 0.29) is 61.4 Å². The fraction of sp³-hybridized carbons (Fsp3) is 0.333. The maximum absolute atomic E-state index is 9.69. The van der Waals surface area contributed by atoms with Gasteiger partial charge in [-0.1, -0.05) is 0 Å². The third-order valence-electron chi connectivity index (χ3n) is 0.430. The Kier molecular flexibility index (Phi) is 8.60. The van der Waals surface area contributed by atoms with E-state index < -0.39 is 5.97 Å². The third kappa shape index (κ3) is 11.7. The van der Waals surface area contributed by atoms with E-state index in [1.807, 2.05) is 0 Å². The van der Waals surface area contributed by atoms with Crippen LogP contribution >= 0.6 is 0 Å². The van der Waals surface area contributed by atoms with Gasteiger partial charge in [0.2, 0.25) is 0 Å². The molecule has 9 heavy (non-hydrogen) atoms. The van der Waals surface area contributed by atoms with Gasteiger partial charge in [0.15, 0.2) is 5.96 Å². The van der Waals surface area contributed by atoms with Crippen molar-refractivity contribution in [1.82, 2.24) is 5.32 Å². The van der Waals surface area contributed by atoms with Crippen molar-refractivity contribution in [2.24, 2.45) is 5.73 Å². The Bertz CT molecular complexity index is 102. The first kappa shape index (κ1) is 12.0. The maximum atomic E-state index is 9.69. The van der Waals surface area contributed by atoms with Gasteiger partial charge in [-0.05, 0) is 0 Å². The average molecular weight is 256 g/mol. The number of carboxylic acids is 1. The Morgan fingerprint density at radius 2 is 2.22 bits per heavy atom. The Morgan fingerprint density at radius 3 is 2.33 bits per heavy atom. The van der Waals surface area contributed by atoms with Gasteiger partial charge >= 0.3 is 54.9 Å². The molecule has 0 spiro atoms. The van der Waals surface area contributed by atoms with Gasteiger partial charge in [-0.15, -0.1) is 0 Å². The van der Waals surface area contributed by atoms with Gasteiger partial charge in [0.05, 0.1) is 0 Å². The molecular weight excluding hydrogens is 247 g/mol. The Balaban J connectivity index is 0. The van der Waals surface area contributed by atoms with Gasteiger partial charge in [-0.2, -0.15) is 0 Å². The molecule has 0 unspecified atom stereocenters. The second kappa shape index (κ2) is 6.43. The van der Waals surface area contributed by atoms with Crippen LogP contribution in [0.2, 0.25) is 0 Å². The molecule has 0 saturated heterocycles. The first-order valence-corrected chi connectivity index (χ1v) is 1.92. The molecule has 0 aromatic rings. The Labute approximate surface area is 92.6 Å². The van der Waals surface area contributed by atoms with Crippen molar-refractivity contribution >= 4 is 60.8 Å². The summed E-state index contributed by atoms with van der Waals surface area (Å²) in [6.45, 7) is -0.296. The number of aliphatic carboxylic acids is 1. The molecule has 0 fully saturated rings. The van der Waals surface area contributed by atoms with Gasteiger partial charge in [0.25, 0.3) is 0 Å². The molecule has 0 aliphatic rings. The average Bonchev–Trinajstić information content (AvgIpc) is 1.61. The van der Waals surface area contributed by atoms with Crippen molar-refractivity contribution in [2.75, 3.05) is 6.54 Å². The van der Waals surface area contributed by atoms with E-state index in [4.69, 9.17) is 16.2 Å². The number of hydrogen-bond acceptors (Lipinski definition) is 2. The summed E-state index contributed by atoms with van der Waals surface area (Å²) in [6.07, 6.45) is 0. The zero-order valence-corrected chi connectivity index (χ0v) is 4.14. The number of guanidine groups is 1. The quantitative estimate of drug-likeness (QED) is 0.252. The monoisotopic (exact) mass is 257 g/mol. The van der Waals surface area contributed by atoms with Crippen molar-refractivity contribution < 1.29 is 9.90 Å². The molecule has 0 atom stereocenters. The predicted molar refractivity (Wildman–Crippen MR) is 36.1 cm³/mol. The van der Waals surface area contributed by atoms with Gasteiger partial charge < -0.3 is 16.2 Å². The van der Waals surface area contributed by atoms with Crippen LogP contribution in [0.4, 0.5) is 0 Å². The second-order valence-corrected chi connectivity index (χ2v) is 1.16. The van der Waals surface area contributed by atoms with Crippen molar-refractivity contribution in [3.8, 4) is 0 Å². The van der Waals surface area contributed by atoms with Crippen LogP contribution in [-0.4, -0.2) is 72.5 Å². The van der Waals surface area contributed by atoms with Crippen molar-refractivity contribution in [3.63, 3.8) is 0 Å². The topological polar surface area (TPSA) is 99.2 Å². The van der Waals surface area contributed by atoms with Gasteiger partial charge in [0.1, 0.15) is 6.54 Å². The molecule has 0 bridgehead atoms. The molecule has 50 valence electrons. The SMILES string of the molecule is N=C(N)NCC(=O)O.[BaH2]. The molecule has 0 radical (unpaired) electrons. The van der Waals surface area contributed by atoms with Crippen LogP contribution in [0.1, 0.15) is 0 Å². The van der Waals surface area contributed by atoms with E-state index in [9.17, 15) is 4.79 Å². The molecule has 6 heteroatoms. The normalized spacial score (nSPS) is 7.11. The van der Waals surface area contributed by atoms with E-state index in [0.29, 0.717) is 0 Å². The molecular formula is C3H9BaN3O2. The molecule has 0 heterocycles. The molecule has 0 rings (SSSR count). The van der Waals surface area contributed by atoms with Crippen LogP contribution in [0.25, 0.3) is 0 Å².